The largest absolute Gasteiger partial charge is 0.287 e. The quantitative estimate of drug-likeness (QED) is 0.432. The van der Waals surface area contributed by atoms with Crippen molar-refractivity contribution in [3.8, 4) is 0 Å². The summed E-state index contributed by atoms with van der Waals surface area (Å²) in [6.07, 6.45) is 3.53. The lowest BCUT2D eigenvalue weighted by Gasteiger charge is -2.44. The maximum absolute atomic E-state index is 10.9. The highest BCUT2D eigenvalue weighted by Crippen LogP contribution is 2.39. The third-order valence-corrected chi connectivity index (χ3v) is 4.62. The summed E-state index contributed by atoms with van der Waals surface area (Å²) < 4.78 is 2.04. The molecule has 2 unspecified atom stereocenters. The number of fused-ring (bicyclic) bond motifs is 1. The molecule has 2 aliphatic heterocycles. The van der Waals surface area contributed by atoms with E-state index in [9.17, 15) is 4.79 Å². The molecule has 1 fully saturated rings. The van der Waals surface area contributed by atoms with E-state index in [2.05, 4.69) is 9.67 Å². The van der Waals surface area contributed by atoms with Gasteiger partial charge in [-0.3, -0.25) is 4.79 Å². The van der Waals surface area contributed by atoms with Crippen molar-refractivity contribution >= 4 is 32.2 Å². The molecule has 1 saturated heterocycles. The number of nitrogens with zero attached hydrogens (tertiary/aromatic N) is 1. The predicted octanol–water partition coefficient (Wildman–Crippen LogP) is 2.20. The number of halogens is 1. The highest BCUT2D eigenvalue weighted by molar-refractivity contribution is 8.28. The fraction of sp³-hybridized carbons (Fsp3) is 0.714. The fourth-order valence-electron chi connectivity index (χ4n) is 1.59. The van der Waals surface area contributed by atoms with Gasteiger partial charge in [0.25, 0.3) is 4.57 Å². The van der Waals surface area contributed by atoms with E-state index < -0.39 is 0 Å². The summed E-state index contributed by atoms with van der Waals surface area (Å²) >= 11 is 5.45. The Labute approximate surface area is 73.6 Å². The van der Waals surface area contributed by atoms with E-state index >= 15 is 0 Å². The number of carbonyl (C=O) groups is 1. The summed E-state index contributed by atoms with van der Waals surface area (Å²) in [7, 11) is -0.350. The van der Waals surface area contributed by atoms with Crippen molar-refractivity contribution < 1.29 is 4.79 Å². The molecule has 2 rings (SSSR count). The van der Waals surface area contributed by atoms with Gasteiger partial charge in [0.1, 0.15) is 0 Å². The van der Waals surface area contributed by atoms with Crippen LogP contribution in [0.3, 0.4) is 0 Å². The second-order valence-corrected chi connectivity index (χ2v) is 5.25. The third kappa shape index (κ3) is 1.25. The van der Waals surface area contributed by atoms with Crippen LogP contribution in [-0.2, 0) is 0 Å². The van der Waals surface area contributed by atoms with Gasteiger partial charge in [0.2, 0.25) is 0 Å². The second-order valence-electron chi connectivity index (χ2n) is 2.88. The van der Waals surface area contributed by atoms with Crippen molar-refractivity contribution in [2.75, 3.05) is 6.54 Å². The summed E-state index contributed by atoms with van der Waals surface area (Å²) in [6.45, 7) is 1.06. The van der Waals surface area contributed by atoms with Gasteiger partial charge in [-0.25, -0.2) is 4.31 Å². The van der Waals surface area contributed by atoms with Gasteiger partial charge in [0.15, 0.2) is 0 Å². The molecule has 4 heteroatoms. The fourth-order valence-corrected chi connectivity index (χ4v) is 3.75. The Kier molecular flexibility index (Phi) is 2.04. The van der Waals surface area contributed by atoms with E-state index in [-0.39, 0.29) is 15.2 Å². The molecule has 0 amide bonds. The van der Waals surface area contributed by atoms with Crippen molar-refractivity contribution in [1.82, 2.24) is 4.31 Å². The Morgan fingerprint density at radius 3 is 2.91 bits per heavy atom. The van der Waals surface area contributed by atoms with E-state index in [1.807, 2.05) is 0 Å². The molecule has 2 heterocycles. The number of hydrogen-bond acceptors (Lipinski definition) is 2. The normalized spacial score (nSPS) is 36.8. The minimum Gasteiger partial charge on any atom is -0.268 e. The zero-order valence-corrected chi connectivity index (χ0v) is 7.70. The highest BCUT2D eigenvalue weighted by Gasteiger charge is 2.34. The van der Waals surface area contributed by atoms with Crippen LogP contribution in [0.4, 0.5) is 4.79 Å². The van der Waals surface area contributed by atoms with Gasteiger partial charge >= 0.3 is 0 Å². The van der Waals surface area contributed by atoms with Crippen LogP contribution in [0.15, 0.2) is 0 Å². The molecule has 0 radical (unpaired) electrons. The molecule has 2 atom stereocenters. The van der Waals surface area contributed by atoms with Gasteiger partial charge < -0.3 is 0 Å². The zero-order valence-electron chi connectivity index (χ0n) is 6.12. The molecule has 0 aromatic carbocycles. The molecular weight excluding hydrogens is 182 g/mol. The van der Waals surface area contributed by atoms with Gasteiger partial charge in [-0.2, -0.15) is 0 Å². The van der Waals surface area contributed by atoms with Gasteiger partial charge in [-0.15, -0.1) is 0 Å². The van der Waals surface area contributed by atoms with Crippen LogP contribution in [0.1, 0.15) is 19.3 Å². The van der Waals surface area contributed by atoms with Gasteiger partial charge in [-0.1, -0.05) is 0 Å². The molecule has 0 N–H and O–H groups in total. The summed E-state index contributed by atoms with van der Waals surface area (Å²) in [6, 6.07) is 0.658. The first-order valence-corrected chi connectivity index (χ1v) is 5.44. The molecule has 0 saturated carbocycles. The van der Waals surface area contributed by atoms with Crippen LogP contribution in [0.5, 0.6) is 0 Å². The molecule has 62 valence electrons. The van der Waals surface area contributed by atoms with E-state index in [4.69, 9.17) is 11.6 Å². The van der Waals surface area contributed by atoms with Crippen molar-refractivity contribution in [1.29, 1.82) is 0 Å². The summed E-state index contributed by atoms with van der Waals surface area (Å²) in [5.41, 5.74) is 0. The maximum Gasteiger partial charge on any atom is 0.287 e. The average molecular weight is 192 g/mol. The monoisotopic (exact) mass is 191 g/mol. The minimum absolute atomic E-state index is 0.186. The van der Waals surface area contributed by atoms with Crippen LogP contribution in [0.25, 0.3) is 0 Å². The summed E-state index contributed by atoms with van der Waals surface area (Å²) in [5.74, 6) is 0. The first kappa shape index (κ1) is 7.77. The first-order valence-electron chi connectivity index (χ1n) is 3.81. The average Bonchev–Trinajstić information content (AvgIpc) is 1.90. The molecular formula is C7H10ClNOS. The molecule has 0 aromatic heterocycles. The van der Waals surface area contributed by atoms with Crippen molar-refractivity contribution in [2.24, 2.45) is 0 Å². The number of rotatable bonds is 0. The van der Waals surface area contributed by atoms with E-state index in [1.54, 1.807) is 0 Å². The van der Waals surface area contributed by atoms with Gasteiger partial charge in [0, 0.05) is 12.6 Å². The minimum atomic E-state index is -0.350. The number of hydrogen-bond donors (Lipinski definition) is 0. The number of carbonyl (C=O) groups excluding carboxylic acids is 1. The van der Waals surface area contributed by atoms with Gasteiger partial charge in [-0.05, 0) is 46.9 Å². The van der Waals surface area contributed by atoms with E-state index in [1.165, 1.54) is 12.8 Å². The van der Waals surface area contributed by atoms with Crippen molar-refractivity contribution in [3.63, 3.8) is 0 Å². The summed E-state index contributed by atoms with van der Waals surface area (Å²) in [5, 5.41) is 2.06. The van der Waals surface area contributed by atoms with Crippen molar-refractivity contribution in [3.05, 3.63) is 0 Å². The SMILES string of the molecule is O=C(Cl)S1=CCCC2CCN21. The molecule has 0 aliphatic carbocycles. The van der Waals surface area contributed by atoms with Crippen molar-refractivity contribution in [2.45, 2.75) is 25.3 Å². The Bertz CT molecular complexity index is 228. The van der Waals surface area contributed by atoms with Crippen LogP contribution in [0.2, 0.25) is 0 Å². The second kappa shape index (κ2) is 2.88. The molecule has 0 spiro atoms. The van der Waals surface area contributed by atoms with Gasteiger partial charge in [0.05, 0.1) is 0 Å². The third-order valence-electron chi connectivity index (χ3n) is 2.28. The highest BCUT2D eigenvalue weighted by atomic mass is 35.5. The zero-order chi connectivity index (χ0) is 7.84. The van der Waals surface area contributed by atoms with Crippen LogP contribution in [0, 0.1) is 0 Å². The van der Waals surface area contributed by atoms with Crippen LogP contribution in [-0.4, -0.2) is 26.8 Å². The molecule has 11 heavy (non-hydrogen) atoms. The predicted molar refractivity (Wildman–Crippen MR) is 49.2 cm³/mol. The Morgan fingerprint density at radius 2 is 2.45 bits per heavy atom. The maximum atomic E-state index is 10.9. The Balaban J connectivity index is 2.18. The lowest BCUT2D eigenvalue weighted by atomic mass is 10.0. The van der Waals surface area contributed by atoms with Crippen LogP contribution < -0.4 is 0 Å². The Morgan fingerprint density at radius 1 is 1.64 bits per heavy atom. The lowest BCUT2D eigenvalue weighted by Crippen LogP contribution is -2.46. The van der Waals surface area contributed by atoms with E-state index in [0.29, 0.717) is 6.04 Å². The summed E-state index contributed by atoms with van der Waals surface area (Å²) in [4.78, 5) is 10.9. The van der Waals surface area contributed by atoms with Crippen LogP contribution >= 0.6 is 22.3 Å². The standard InChI is InChI=1S/C7H10ClNOS/c8-7(10)11-5-1-2-6-3-4-9(6)11/h5-6H,1-4H2. The topological polar surface area (TPSA) is 20.3 Å². The lowest BCUT2D eigenvalue weighted by molar-refractivity contribution is 0.206. The molecule has 2 nitrogen and oxygen atoms in total. The first-order chi connectivity index (χ1) is 5.29. The molecule has 0 bridgehead atoms. The van der Waals surface area contributed by atoms with E-state index in [0.717, 1.165) is 13.0 Å². The molecule has 2 aliphatic rings. The molecule has 0 aromatic rings. The Hall–Kier alpha value is 0.140. The smallest absolute Gasteiger partial charge is 0.268 e.